The molecule has 144 valence electrons. The van der Waals surface area contributed by atoms with Crippen LogP contribution in [0.4, 0.5) is 0 Å². The fourth-order valence-corrected chi connectivity index (χ4v) is 3.08. The molecule has 0 unspecified atom stereocenters. The van der Waals surface area contributed by atoms with Crippen molar-refractivity contribution in [3.8, 4) is 5.75 Å². The number of rotatable bonds is 1. The molecule has 0 saturated carbocycles. The van der Waals surface area contributed by atoms with Gasteiger partial charge in [0.25, 0.3) is 11.8 Å². The summed E-state index contributed by atoms with van der Waals surface area (Å²) in [5.74, 6) is 0.337. The molecular weight excluding hydrogens is 370 g/mol. The van der Waals surface area contributed by atoms with E-state index in [4.69, 9.17) is 20.9 Å². The van der Waals surface area contributed by atoms with Crippen molar-refractivity contribution in [1.29, 1.82) is 0 Å². The number of aromatic nitrogens is 1. The molecule has 1 aromatic carbocycles. The van der Waals surface area contributed by atoms with Crippen LogP contribution in [0, 0.1) is 6.92 Å². The van der Waals surface area contributed by atoms with Gasteiger partial charge in [-0.2, -0.15) is 0 Å². The number of hydrogen-bond acceptors (Lipinski definition) is 5. The number of carbonyl (C=O) groups is 2. The number of nitrogens with zero attached hydrogens (tertiary/aromatic N) is 2. The van der Waals surface area contributed by atoms with Crippen LogP contribution >= 0.6 is 11.6 Å². The molecule has 0 bridgehead atoms. The Morgan fingerprint density at radius 1 is 1.22 bits per heavy atom. The number of benzene rings is 1. The molecule has 7 nitrogen and oxygen atoms in total. The Labute approximate surface area is 162 Å². The molecule has 1 aliphatic rings. The quantitative estimate of drug-likeness (QED) is 0.807. The normalized spacial score (nSPS) is 16.2. The Morgan fingerprint density at radius 2 is 2.04 bits per heavy atom. The smallest absolute Gasteiger partial charge is 0.292 e. The second-order valence-corrected chi connectivity index (χ2v) is 6.87. The van der Waals surface area contributed by atoms with Gasteiger partial charge in [0.15, 0.2) is 0 Å². The molecule has 27 heavy (non-hydrogen) atoms. The van der Waals surface area contributed by atoms with Gasteiger partial charge in [0, 0.05) is 30.7 Å². The first-order valence-corrected chi connectivity index (χ1v) is 9.35. The molecule has 3 rings (SSSR count). The molecule has 8 heteroatoms. The standard InChI is InChI=1S/C19H22ClN3O4/c1-13-11-17(27-22-13)19(25)23-8-3-2-7-21-18(24)15-12-14(20)5-6-16(15)26-10-4-9-23/h5-6,11-12H,2-4,7-10H2,1H3,(H,21,24). The summed E-state index contributed by atoms with van der Waals surface area (Å²) >= 11 is 6.01. The lowest BCUT2D eigenvalue weighted by Gasteiger charge is -2.21. The van der Waals surface area contributed by atoms with E-state index in [2.05, 4.69) is 10.5 Å². The fraction of sp³-hybridized carbons (Fsp3) is 0.421. The van der Waals surface area contributed by atoms with Gasteiger partial charge in [-0.1, -0.05) is 16.8 Å². The maximum atomic E-state index is 12.7. The summed E-state index contributed by atoms with van der Waals surface area (Å²) in [6.45, 7) is 3.77. The van der Waals surface area contributed by atoms with Crippen molar-refractivity contribution in [2.45, 2.75) is 26.2 Å². The van der Waals surface area contributed by atoms with E-state index in [0.717, 1.165) is 12.8 Å². The number of halogens is 1. The first kappa shape index (κ1) is 19.2. The molecule has 0 aliphatic carbocycles. The summed E-state index contributed by atoms with van der Waals surface area (Å²) in [6.07, 6.45) is 2.15. The molecular formula is C19H22ClN3O4. The van der Waals surface area contributed by atoms with Crippen molar-refractivity contribution < 1.29 is 18.8 Å². The van der Waals surface area contributed by atoms with Gasteiger partial charge in [-0.3, -0.25) is 9.59 Å². The van der Waals surface area contributed by atoms with Crippen molar-refractivity contribution in [2.24, 2.45) is 0 Å². The zero-order valence-corrected chi connectivity index (χ0v) is 15.9. The Bertz CT molecular complexity index is 821. The van der Waals surface area contributed by atoms with E-state index in [1.165, 1.54) is 0 Å². The van der Waals surface area contributed by atoms with E-state index < -0.39 is 0 Å². The largest absolute Gasteiger partial charge is 0.493 e. The first-order chi connectivity index (χ1) is 13.0. The zero-order valence-electron chi connectivity index (χ0n) is 15.2. The number of aryl methyl sites for hydroxylation is 1. The number of carbonyl (C=O) groups excluding carboxylic acids is 2. The van der Waals surface area contributed by atoms with Crippen molar-refractivity contribution in [2.75, 3.05) is 26.2 Å². The molecule has 0 fully saturated rings. The first-order valence-electron chi connectivity index (χ1n) is 8.98. The average Bonchev–Trinajstić information content (AvgIpc) is 3.09. The molecule has 1 aliphatic heterocycles. The Balaban J connectivity index is 1.71. The second-order valence-electron chi connectivity index (χ2n) is 6.43. The van der Waals surface area contributed by atoms with Crippen LogP contribution in [0.1, 0.15) is 45.9 Å². The van der Waals surface area contributed by atoms with E-state index in [9.17, 15) is 9.59 Å². The predicted molar refractivity (Wildman–Crippen MR) is 100 cm³/mol. The summed E-state index contributed by atoms with van der Waals surface area (Å²) in [7, 11) is 0. The summed E-state index contributed by atoms with van der Waals surface area (Å²) in [6, 6.07) is 6.62. The minimum Gasteiger partial charge on any atom is -0.493 e. The minimum atomic E-state index is -0.211. The Hall–Kier alpha value is -2.54. The number of hydrogen-bond donors (Lipinski definition) is 1. The van der Waals surface area contributed by atoms with E-state index in [0.29, 0.717) is 54.7 Å². The van der Waals surface area contributed by atoms with Crippen LogP contribution in [-0.2, 0) is 0 Å². The van der Waals surface area contributed by atoms with Gasteiger partial charge in [0.1, 0.15) is 5.75 Å². The highest BCUT2D eigenvalue weighted by atomic mass is 35.5. The van der Waals surface area contributed by atoms with Crippen LogP contribution in [0.15, 0.2) is 28.8 Å². The lowest BCUT2D eigenvalue weighted by atomic mass is 10.2. The monoisotopic (exact) mass is 391 g/mol. The molecule has 0 radical (unpaired) electrons. The van der Waals surface area contributed by atoms with Gasteiger partial charge in [-0.15, -0.1) is 0 Å². The third-order valence-corrected chi connectivity index (χ3v) is 4.52. The summed E-state index contributed by atoms with van der Waals surface area (Å²) < 4.78 is 10.9. The highest BCUT2D eigenvalue weighted by Gasteiger charge is 2.20. The molecule has 0 saturated heterocycles. The maximum Gasteiger partial charge on any atom is 0.292 e. The van der Waals surface area contributed by atoms with Crippen LogP contribution < -0.4 is 10.1 Å². The lowest BCUT2D eigenvalue weighted by molar-refractivity contribution is 0.0701. The zero-order chi connectivity index (χ0) is 19.2. The molecule has 0 spiro atoms. The van der Waals surface area contributed by atoms with E-state index in [-0.39, 0.29) is 17.6 Å². The maximum absolute atomic E-state index is 12.7. The SMILES string of the molecule is Cc1cc(C(=O)N2CCCCNC(=O)c3cc(Cl)ccc3OCCC2)on1. The topological polar surface area (TPSA) is 84.7 Å². The molecule has 1 N–H and O–H groups in total. The van der Waals surface area contributed by atoms with Gasteiger partial charge >= 0.3 is 0 Å². The molecule has 0 atom stereocenters. The second kappa shape index (κ2) is 8.90. The van der Waals surface area contributed by atoms with E-state index in [1.807, 2.05) is 0 Å². The molecule has 2 heterocycles. The minimum absolute atomic E-state index is 0.179. The number of nitrogens with one attached hydrogen (secondary N) is 1. The van der Waals surface area contributed by atoms with E-state index >= 15 is 0 Å². The van der Waals surface area contributed by atoms with Crippen LogP contribution in [0.3, 0.4) is 0 Å². The lowest BCUT2D eigenvalue weighted by Crippen LogP contribution is -2.33. The van der Waals surface area contributed by atoms with Gasteiger partial charge in [-0.25, -0.2) is 0 Å². The van der Waals surface area contributed by atoms with Gasteiger partial charge in [0.05, 0.1) is 17.9 Å². The van der Waals surface area contributed by atoms with Crippen molar-refractivity contribution in [1.82, 2.24) is 15.4 Å². The molecule has 2 amide bonds. The van der Waals surface area contributed by atoms with Crippen LogP contribution in [0.2, 0.25) is 5.02 Å². The third-order valence-electron chi connectivity index (χ3n) is 4.28. The van der Waals surface area contributed by atoms with Gasteiger partial charge in [-0.05, 0) is 44.4 Å². The van der Waals surface area contributed by atoms with E-state index in [1.54, 1.807) is 36.1 Å². The average molecular weight is 392 g/mol. The highest BCUT2D eigenvalue weighted by Crippen LogP contribution is 2.23. The third kappa shape index (κ3) is 5.01. The summed E-state index contributed by atoms with van der Waals surface area (Å²) in [5, 5.41) is 7.14. The van der Waals surface area contributed by atoms with Crippen LogP contribution in [-0.4, -0.2) is 48.1 Å². The number of amides is 2. The van der Waals surface area contributed by atoms with Crippen molar-refractivity contribution in [3.05, 3.63) is 46.3 Å². The predicted octanol–water partition coefficient (Wildman–Crippen LogP) is 3.07. The molecule has 1 aromatic heterocycles. The number of ether oxygens (including phenoxy) is 1. The van der Waals surface area contributed by atoms with Crippen LogP contribution in [0.5, 0.6) is 5.75 Å². The van der Waals surface area contributed by atoms with Crippen LogP contribution in [0.25, 0.3) is 0 Å². The Morgan fingerprint density at radius 3 is 2.81 bits per heavy atom. The van der Waals surface area contributed by atoms with Gasteiger partial charge in [0.2, 0.25) is 5.76 Å². The molecule has 2 aromatic rings. The fourth-order valence-electron chi connectivity index (χ4n) is 2.90. The highest BCUT2D eigenvalue weighted by molar-refractivity contribution is 6.31. The summed E-state index contributed by atoms with van der Waals surface area (Å²) in [5.41, 5.74) is 1.09. The van der Waals surface area contributed by atoms with Gasteiger partial charge < -0.3 is 19.5 Å². The summed E-state index contributed by atoms with van der Waals surface area (Å²) in [4.78, 5) is 26.8. The van der Waals surface area contributed by atoms with Crippen molar-refractivity contribution in [3.63, 3.8) is 0 Å². The van der Waals surface area contributed by atoms with Crippen molar-refractivity contribution >= 4 is 23.4 Å². The Kier molecular flexibility index (Phi) is 6.34. The number of fused-ring (bicyclic) bond motifs is 1.